The van der Waals surface area contributed by atoms with E-state index in [1.54, 1.807) is 15.5 Å². The lowest BCUT2D eigenvalue weighted by molar-refractivity contribution is 0.0765. The standard InChI is InChI=1S/C14H28N2O3S/c1-11-8-12(2)10-15(9-11)20(18,19)16-7-5-4-6-14(16)13(3)17/h11-14,17H,4-10H2,1-3H3/t11-,12+,13-,14+/m1/s1. The minimum absolute atomic E-state index is 0.263. The Balaban J connectivity index is 2.19. The maximum atomic E-state index is 12.9. The number of aliphatic hydroxyl groups excluding tert-OH is 1. The number of nitrogens with zero attached hydrogens (tertiary/aromatic N) is 2. The van der Waals surface area contributed by atoms with Crippen molar-refractivity contribution in [1.82, 2.24) is 8.61 Å². The molecule has 0 spiro atoms. The SMILES string of the molecule is C[C@@H]1C[C@H](C)CN(S(=O)(=O)N2CCCC[C@H]2[C@@H](C)O)C1. The van der Waals surface area contributed by atoms with E-state index < -0.39 is 16.3 Å². The summed E-state index contributed by atoms with van der Waals surface area (Å²) in [5.41, 5.74) is 0. The minimum Gasteiger partial charge on any atom is -0.392 e. The van der Waals surface area contributed by atoms with Gasteiger partial charge in [-0.25, -0.2) is 0 Å². The van der Waals surface area contributed by atoms with Crippen LogP contribution in [-0.4, -0.2) is 53.9 Å². The van der Waals surface area contributed by atoms with Crippen LogP contribution in [0.25, 0.3) is 0 Å². The Labute approximate surface area is 123 Å². The van der Waals surface area contributed by atoms with Gasteiger partial charge in [-0.15, -0.1) is 0 Å². The Morgan fingerprint density at radius 2 is 1.75 bits per heavy atom. The summed E-state index contributed by atoms with van der Waals surface area (Å²) in [4.78, 5) is 0. The molecule has 118 valence electrons. The van der Waals surface area contributed by atoms with E-state index in [0.717, 1.165) is 25.7 Å². The molecule has 0 radical (unpaired) electrons. The molecule has 0 unspecified atom stereocenters. The quantitative estimate of drug-likeness (QED) is 0.858. The van der Waals surface area contributed by atoms with Crippen molar-refractivity contribution < 1.29 is 13.5 Å². The Bertz CT molecular complexity index is 414. The van der Waals surface area contributed by atoms with Gasteiger partial charge < -0.3 is 5.11 Å². The third-order valence-electron chi connectivity index (χ3n) is 4.51. The van der Waals surface area contributed by atoms with E-state index >= 15 is 0 Å². The highest BCUT2D eigenvalue weighted by Crippen LogP contribution is 2.29. The predicted molar refractivity (Wildman–Crippen MR) is 79.5 cm³/mol. The molecular formula is C14H28N2O3S. The van der Waals surface area contributed by atoms with Crippen molar-refractivity contribution in [2.45, 2.75) is 58.6 Å². The Kier molecular flexibility index (Phi) is 5.10. The first kappa shape index (κ1) is 16.2. The van der Waals surface area contributed by atoms with Gasteiger partial charge in [0.1, 0.15) is 0 Å². The number of aliphatic hydroxyl groups is 1. The highest BCUT2D eigenvalue weighted by molar-refractivity contribution is 7.86. The van der Waals surface area contributed by atoms with Gasteiger partial charge in [0.05, 0.1) is 12.1 Å². The fourth-order valence-corrected chi connectivity index (χ4v) is 5.81. The molecule has 0 bridgehead atoms. The zero-order chi connectivity index (χ0) is 14.9. The van der Waals surface area contributed by atoms with Crippen LogP contribution in [0.3, 0.4) is 0 Å². The first-order chi connectivity index (χ1) is 9.32. The number of hydrogen-bond acceptors (Lipinski definition) is 3. The number of hydrogen-bond donors (Lipinski definition) is 1. The fraction of sp³-hybridized carbons (Fsp3) is 1.00. The van der Waals surface area contributed by atoms with Crippen molar-refractivity contribution in [3.8, 4) is 0 Å². The lowest BCUT2D eigenvalue weighted by Crippen LogP contribution is -2.56. The zero-order valence-electron chi connectivity index (χ0n) is 12.8. The lowest BCUT2D eigenvalue weighted by Gasteiger charge is -2.42. The van der Waals surface area contributed by atoms with Gasteiger partial charge in [-0.05, 0) is 38.0 Å². The lowest BCUT2D eigenvalue weighted by atomic mass is 9.94. The zero-order valence-corrected chi connectivity index (χ0v) is 13.6. The molecule has 0 aromatic carbocycles. The van der Waals surface area contributed by atoms with Crippen LogP contribution in [0, 0.1) is 11.8 Å². The molecule has 2 saturated heterocycles. The highest BCUT2D eigenvalue weighted by Gasteiger charge is 2.40. The van der Waals surface area contributed by atoms with Crippen molar-refractivity contribution >= 4 is 10.2 Å². The van der Waals surface area contributed by atoms with E-state index in [-0.39, 0.29) is 6.04 Å². The molecule has 0 aromatic heterocycles. The number of rotatable bonds is 3. The molecule has 6 heteroatoms. The number of piperidine rings is 2. The third kappa shape index (κ3) is 3.35. The van der Waals surface area contributed by atoms with Gasteiger partial charge >= 0.3 is 0 Å². The maximum Gasteiger partial charge on any atom is 0.282 e. The van der Waals surface area contributed by atoms with Crippen LogP contribution >= 0.6 is 0 Å². The summed E-state index contributed by atoms with van der Waals surface area (Å²) in [6.45, 7) is 7.67. The third-order valence-corrected chi connectivity index (χ3v) is 6.51. The first-order valence-electron chi connectivity index (χ1n) is 7.77. The second-order valence-corrected chi connectivity index (χ2v) is 8.57. The van der Waals surface area contributed by atoms with Crippen molar-refractivity contribution in [2.24, 2.45) is 11.8 Å². The smallest absolute Gasteiger partial charge is 0.282 e. The molecule has 0 amide bonds. The monoisotopic (exact) mass is 304 g/mol. The molecule has 2 heterocycles. The molecule has 0 aliphatic carbocycles. The molecule has 2 aliphatic heterocycles. The summed E-state index contributed by atoms with van der Waals surface area (Å²) in [6, 6.07) is -0.263. The van der Waals surface area contributed by atoms with Crippen molar-refractivity contribution in [3.05, 3.63) is 0 Å². The summed E-state index contributed by atoms with van der Waals surface area (Å²) >= 11 is 0. The molecular weight excluding hydrogens is 276 g/mol. The second kappa shape index (κ2) is 6.30. The van der Waals surface area contributed by atoms with Crippen LogP contribution in [0.15, 0.2) is 0 Å². The molecule has 20 heavy (non-hydrogen) atoms. The molecule has 1 N–H and O–H groups in total. The second-order valence-electron chi connectivity index (χ2n) is 6.69. The topological polar surface area (TPSA) is 60.9 Å². The van der Waals surface area contributed by atoms with Crippen molar-refractivity contribution in [2.75, 3.05) is 19.6 Å². The van der Waals surface area contributed by atoms with Gasteiger partial charge in [0.15, 0.2) is 0 Å². The van der Waals surface area contributed by atoms with Crippen molar-refractivity contribution in [1.29, 1.82) is 0 Å². The van der Waals surface area contributed by atoms with Gasteiger partial charge in [-0.1, -0.05) is 20.3 Å². The predicted octanol–water partition coefficient (Wildman–Crippen LogP) is 1.44. The van der Waals surface area contributed by atoms with E-state index in [0.29, 0.717) is 31.5 Å². The normalized spacial score (nSPS) is 35.9. The van der Waals surface area contributed by atoms with E-state index in [2.05, 4.69) is 13.8 Å². The summed E-state index contributed by atoms with van der Waals surface area (Å²) in [7, 11) is -3.44. The summed E-state index contributed by atoms with van der Waals surface area (Å²) < 4.78 is 29.0. The maximum absolute atomic E-state index is 12.9. The summed E-state index contributed by atoms with van der Waals surface area (Å²) in [5, 5.41) is 9.89. The van der Waals surface area contributed by atoms with Crippen LogP contribution in [0.5, 0.6) is 0 Å². The van der Waals surface area contributed by atoms with E-state index in [1.807, 2.05) is 0 Å². The average Bonchev–Trinajstić information content (AvgIpc) is 2.37. The Hall–Kier alpha value is -0.170. The van der Waals surface area contributed by atoms with Crippen LogP contribution < -0.4 is 0 Å². The van der Waals surface area contributed by atoms with Gasteiger partial charge in [-0.2, -0.15) is 17.0 Å². The molecule has 4 atom stereocenters. The largest absolute Gasteiger partial charge is 0.392 e. The first-order valence-corrected chi connectivity index (χ1v) is 9.17. The van der Waals surface area contributed by atoms with Crippen LogP contribution in [0.1, 0.15) is 46.5 Å². The van der Waals surface area contributed by atoms with E-state index in [9.17, 15) is 13.5 Å². The van der Waals surface area contributed by atoms with Gasteiger partial charge in [0.25, 0.3) is 10.2 Å². The van der Waals surface area contributed by atoms with Crippen LogP contribution in [-0.2, 0) is 10.2 Å². The van der Waals surface area contributed by atoms with Gasteiger partial charge in [0.2, 0.25) is 0 Å². The van der Waals surface area contributed by atoms with Gasteiger partial charge in [0, 0.05) is 19.6 Å². The molecule has 2 fully saturated rings. The molecule has 0 aromatic rings. The summed E-state index contributed by atoms with van der Waals surface area (Å²) in [6.07, 6.45) is 3.13. The fourth-order valence-electron chi connectivity index (χ4n) is 3.64. The van der Waals surface area contributed by atoms with E-state index in [4.69, 9.17) is 0 Å². The molecule has 2 aliphatic rings. The Morgan fingerprint density at radius 3 is 2.30 bits per heavy atom. The minimum atomic E-state index is -3.44. The molecule has 0 saturated carbocycles. The van der Waals surface area contributed by atoms with Crippen LogP contribution in [0.2, 0.25) is 0 Å². The van der Waals surface area contributed by atoms with E-state index in [1.165, 1.54) is 0 Å². The van der Waals surface area contributed by atoms with Gasteiger partial charge in [-0.3, -0.25) is 0 Å². The molecule has 2 rings (SSSR count). The molecule has 5 nitrogen and oxygen atoms in total. The Morgan fingerprint density at radius 1 is 1.15 bits per heavy atom. The van der Waals surface area contributed by atoms with Crippen molar-refractivity contribution in [3.63, 3.8) is 0 Å². The summed E-state index contributed by atoms with van der Waals surface area (Å²) in [5.74, 6) is 0.812. The van der Waals surface area contributed by atoms with Crippen LogP contribution in [0.4, 0.5) is 0 Å². The highest BCUT2D eigenvalue weighted by atomic mass is 32.2. The average molecular weight is 304 g/mol.